The molecule has 4 nitrogen and oxygen atoms in total. The molecule has 0 aromatic heterocycles. The van der Waals surface area contributed by atoms with Crippen molar-refractivity contribution in [3.63, 3.8) is 0 Å². The molecule has 2 aromatic carbocycles. The van der Waals surface area contributed by atoms with Crippen LogP contribution in [-0.4, -0.2) is 35.2 Å². The second-order valence-corrected chi connectivity index (χ2v) is 7.03. The third-order valence-corrected chi connectivity index (χ3v) is 5.06. The summed E-state index contributed by atoms with van der Waals surface area (Å²) in [5.74, 6) is 0. The van der Waals surface area contributed by atoms with Gasteiger partial charge in [-0.05, 0) is 49.6 Å². The molecule has 1 amide bonds. The summed E-state index contributed by atoms with van der Waals surface area (Å²) in [6, 6.07) is 16.8. The summed E-state index contributed by atoms with van der Waals surface area (Å²) in [5.41, 5.74) is 3.61. The number of rotatable bonds is 4. The molecule has 0 unspecified atom stereocenters. The first-order valence-electron chi connectivity index (χ1n) is 8.58. The van der Waals surface area contributed by atoms with Crippen LogP contribution in [0.2, 0.25) is 5.02 Å². The van der Waals surface area contributed by atoms with E-state index in [-0.39, 0.29) is 0 Å². The minimum Gasteiger partial charge on any atom is -0.465 e. The fraction of sp³-hybridized carbons (Fsp3) is 0.350. The van der Waals surface area contributed by atoms with E-state index < -0.39 is 6.09 Å². The smallest absolute Gasteiger partial charge is 0.407 e. The van der Waals surface area contributed by atoms with E-state index >= 15 is 0 Å². The maximum absolute atomic E-state index is 11.2. The number of carboxylic acid groups (broad SMARTS) is 1. The highest BCUT2D eigenvalue weighted by Gasteiger charge is 2.27. The fourth-order valence-corrected chi connectivity index (χ4v) is 3.45. The summed E-state index contributed by atoms with van der Waals surface area (Å²) in [7, 11) is 0. The van der Waals surface area contributed by atoms with Gasteiger partial charge in [-0.3, -0.25) is 0 Å². The highest BCUT2D eigenvalue weighted by Crippen LogP contribution is 2.26. The Bertz CT molecular complexity index is 707. The van der Waals surface area contributed by atoms with Crippen molar-refractivity contribution in [1.82, 2.24) is 4.90 Å². The predicted octanol–water partition coefficient (Wildman–Crippen LogP) is 4.80. The SMILES string of the molecule is Cc1ccc(N(Cc2ccc(Cl)cc2)C2CCN(C(=O)O)CC2)cc1. The van der Waals surface area contributed by atoms with Crippen LogP contribution in [0.1, 0.15) is 24.0 Å². The van der Waals surface area contributed by atoms with E-state index in [0.29, 0.717) is 19.1 Å². The maximum Gasteiger partial charge on any atom is 0.407 e. The van der Waals surface area contributed by atoms with E-state index in [4.69, 9.17) is 11.6 Å². The first-order valence-corrected chi connectivity index (χ1v) is 8.96. The van der Waals surface area contributed by atoms with Crippen LogP contribution >= 0.6 is 11.6 Å². The Morgan fingerprint density at radius 2 is 1.72 bits per heavy atom. The number of nitrogens with zero attached hydrogens (tertiary/aromatic N) is 2. The zero-order valence-corrected chi connectivity index (χ0v) is 15.1. The average Bonchev–Trinajstić information content (AvgIpc) is 2.62. The van der Waals surface area contributed by atoms with Gasteiger partial charge in [0.2, 0.25) is 0 Å². The van der Waals surface area contributed by atoms with Gasteiger partial charge < -0.3 is 14.9 Å². The van der Waals surface area contributed by atoms with E-state index in [1.54, 1.807) is 0 Å². The minimum absolute atomic E-state index is 0.328. The zero-order chi connectivity index (χ0) is 17.8. The molecule has 0 atom stereocenters. The minimum atomic E-state index is -0.821. The molecule has 1 heterocycles. The van der Waals surface area contributed by atoms with Gasteiger partial charge in [-0.1, -0.05) is 41.4 Å². The fourth-order valence-electron chi connectivity index (χ4n) is 3.32. The molecule has 5 heteroatoms. The van der Waals surface area contributed by atoms with Gasteiger partial charge in [-0.15, -0.1) is 0 Å². The molecule has 1 aliphatic heterocycles. The highest BCUT2D eigenvalue weighted by molar-refractivity contribution is 6.30. The Labute approximate surface area is 153 Å². The van der Waals surface area contributed by atoms with Crippen LogP contribution in [0.5, 0.6) is 0 Å². The maximum atomic E-state index is 11.2. The topological polar surface area (TPSA) is 43.8 Å². The molecule has 1 saturated heterocycles. The van der Waals surface area contributed by atoms with E-state index in [9.17, 15) is 9.90 Å². The molecule has 25 heavy (non-hydrogen) atoms. The Morgan fingerprint density at radius 1 is 1.12 bits per heavy atom. The number of carbonyl (C=O) groups is 1. The Morgan fingerprint density at radius 3 is 2.28 bits per heavy atom. The van der Waals surface area contributed by atoms with Gasteiger partial charge in [0.15, 0.2) is 0 Å². The molecule has 1 fully saturated rings. The van der Waals surface area contributed by atoms with Crippen molar-refractivity contribution in [2.45, 2.75) is 32.4 Å². The number of anilines is 1. The number of aryl methyl sites for hydroxylation is 1. The third kappa shape index (κ3) is 4.45. The summed E-state index contributed by atoms with van der Waals surface area (Å²) in [4.78, 5) is 15.1. The first kappa shape index (κ1) is 17.6. The number of amides is 1. The van der Waals surface area contributed by atoms with Crippen LogP contribution in [0.25, 0.3) is 0 Å². The lowest BCUT2D eigenvalue weighted by Gasteiger charge is -2.39. The summed E-state index contributed by atoms with van der Waals surface area (Å²) < 4.78 is 0. The lowest BCUT2D eigenvalue weighted by Crippen LogP contribution is -2.46. The zero-order valence-electron chi connectivity index (χ0n) is 14.4. The van der Waals surface area contributed by atoms with Gasteiger partial charge in [0.1, 0.15) is 0 Å². The summed E-state index contributed by atoms with van der Waals surface area (Å²) in [6.45, 7) is 4.04. The van der Waals surface area contributed by atoms with Gasteiger partial charge in [0.25, 0.3) is 0 Å². The van der Waals surface area contributed by atoms with Crippen molar-refractivity contribution in [2.75, 3.05) is 18.0 Å². The molecular weight excluding hydrogens is 336 g/mol. The average molecular weight is 359 g/mol. The second kappa shape index (κ2) is 7.79. The summed E-state index contributed by atoms with van der Waals surface area (Å²) in [6.07, 6.45) is 0.861. The van der Waals surface area contributed by atoms with Crippen molar-refractivity contribution in [3.8, 4) is 0 Å². The van der Waals surface area contributed by atoms with Gasteiger partial charge in [0, 0.05) is 36.4 Å². The molecule has 0 aliphatic carbocycles. The molecule has 2 aromatic rings. The van der Waals surface area contributed by atoms with E-state index in [0.717, 1.165) is 24.4 Å². The molecule has 3 rings (SSSR count). The lowest BCUT2D eigenvalue weighted by atomic mass is 10.0. The summed E-state index contributed by atoms with van der Waals surface area (Å²) >= 11 is 6.00. The number of benzene rings is 2. The van der Waals surface area contributed by atoms with Crippen LogP contribution in [0, 0.1) is 6.92 Å². The number of hydrogen-bond donors (Lipinski definition) is 1. The quantitative estimate of drug-likeness (QED) is 0.853. The van der Waals surface area contributed by atoms with Crippen LogP contribution in [0.3, 0.4) is 0 Å². The second-order valence-electron chi connectivity index (χ2n) is 6.59. The Hall–Kier alpha value is -2.20. The molecular formula is C20H23ClN2O2. The van der Waals surface area contributed by atoms with Crippen LogP contribution < -0.4 is 4.90 Å². The van der Waals surface area contributed by atoms with Crippen molar-refractivity contribution in [1.29, 1.82) is 0 Å². The van der Waals surface area contributed by atoms with Crippen molar-refractivity contribution < 1.29 is 9.90 Å². The first-order chi connectivity index (χ1) is 12.0. The Kier molecular flexibility index (Phi) is 5.49. The standard InChI is InChI=1S/C20H23ClN2O2/c1-15-2-8-18(9-3-15)23(14-16-4-6-17(21)7-5-16)19-10-12-22(13-11-19)20(24)25/h2-9,19H,10-14H2,1H3,(H,24,25). The van der Waals surface area contributed by atoms with E-state index in [2.05, 4.69) is 48.2 Å². The van der Waals surface area contributed by atoms with E-state index in [1.807, 2.05) is 12.1 Å². The van der Waals surface area contributed by atoms with Crippen molar-refractivity contribution in [3.05, 3.63) is 64.7 Å². The molecule has 0 spiro atoms. The molecule has 0 bridgehead atoms. The monoisotopic (exact) mass is 358 g/mol. The summed E-state index contributed by atoms with van der Waals surface area (Å²) in [5, 5.41) is 9.91. The third-order valence-electron chi connectivity index (χ3n) is 4.81. The highest BCUT2D eigenvalue weighted by atomic mass is 35.5. The number of halogens is 1. The molecule has 0 radical (unpaired) electrons. The van der Waals surface area contributed by atoms with Crippen LogP contribution in [-0.2, 0) is 6.54 Å². The Balaban J connectivity index is 1.80. The molecule has 0 saturated carbocycles. The van der Waals surface area contributed by atoms with Gasteiger partial charge in [-0.25, -0.2) is 4.79 Å². The number of likely N-dealkylation sites (tertiary alicyclic amines) is 1. The predicted molar refractivity (Wildman–Crippen MR) is 101 cm³/mol. The molecule has 132 valence electrons. The normalized spacial score (nSPS) is 15.2. The van der Waals surface area contributed by atoms with Gasteiger partial charge >= 0.3 is 6.09 Å². The van der Waals surface area contributed by atoms with Crippen molar-refractivity contribution >= 4 is 23.4 Å². The number of hydrogen-bond acceptors (Lipinski definition) is 2. The molecule has 1 aliphatic rings. The van der Waals surface area contributed by atoms with Gasteiger partial charge in [-0.2, -0.15) is 0 Å². The van der Waals surface area contributed by atoms with Crippen molar-refractivity contribution in [2.24, 2.45) is 0 Å². The van der Waals surface area contributed by atoms with E-state index in [1.165, 1.54) is 21.7 Å². The number of piperidine rings is 1. The van der Waals surface area contributed by atoms with Crippen LogP contribution in [0.15, 0.2) is 48.5 Å². The van der Waals surface area contributed by atoms with Gasteiger partial charge in [0.05, 0.1) is 0 Å². The largest absolute Gasteiger partial charge is 0.465 e. The van der Waals surface area contributed by atoms with Crippen LogP contribution in [0.4, 0.5) is 10.5 Å². The molecule has 1 N–H and O–H groups in total. The lowest BCUT2D eigenvalue weighted by molar-refractivity contribution is 0.131.